The molecule has 1 aliphatic heterocycles. The smallest absolute Gasteiger partial charge is 0.220 e. The predicted molar refractivity (Wildman–Crippen MR) is 36.0 cm³/mol. The number of hydrogen-bond donors (Lipinski definition) is 1. The molecule has 1 saturated heterocycles. The minimum absolute atomic E-state index is 0.209. The fraction of sp³-hybridized carbons (Fsp3) is 0.857. The van der Waals surface area contributed by atoms with E-state index in [1.54, 1.807) is 0 Å². The van der Waals surface area contributed by atoms with E-state index in [0.717, 1.165) is 6.42 Å². The van der Waals surface area contributed by atoms with Crippen LogP contribution < -0.4 is 5.32 Å². The third-order valence-electron chi connectivity index (χ3n) is 2.07. The number of nitrogens with one attached hydrogen (secondary N) is 1. The molecule has 1 rings (SSSR count). The average molecular weight is 127 g/mol. The zero-order chi connectivity index (χ0) is 6.85. The Morgan fingerprint density at radius 3 is 2.67 bits per heavy atom. The van der Waals surface area contributed by atoms with Crippen molar-refractivity contribution in [1.82, 2.24) is 5.32 Å². The van der Waals surface area contributed by atoms with Crippen LogP contribution in [0.1, 0.15) is 26.7 Å². The second-order valence-electron chi connectivity index (χ2n) is 2.87. The molecule has 0 aromatic carbocycles. The van der Waals surface area contributed by atoms with Gasteiger partial charge in [-0.25, -0.2) is 0 Å². The number of carbonyl (C=O) groups excluding carboxylic acids is 1. The van der Waals surface area contributed by atoms with Gasteiger partial charge in [-0.05, 0) is 19.3 Å². The van der Waals surface area contributed by atoms with Crippen molar-refractivity contribution in [3.05, 3.63) is 0 Å². The van der Waals surface area contributed by atoms with E-state index in [9.17, 15) is 4.79 Å². The van der Waals surface area contributed by atoms with Crippen molar-refractivity contribution in [1.29, 1.82) is 0 Å². The lowest BCUT2D eigenvalue weighted by Crippen LogP contribution is -2.41. The summed E-state index contributed by atoms with van der Waals surface area (Å²) in [6, 6.07) is 0.381. The molecule has 1 heterocycles. The van der Waals surface area contributed by atoms with Gasteiger partial charge in [0.05, 0.1) is 0 Å². The first-order valence-corrected chi connectivity index (χ1v) is 3.49. The van der Waals surface area contributed by atoms with E-state index in [1.165, 1.54) is 0 Å². The molecule has 1 aliphatic rings. The van der Waals surface area contributed by atoms with Crippen molar-refractivity contribution < 1.29 is 4.79 Å². The molecule has 2 atom stereocenters. The maximum atomic E-state index is 10.7. The Morgan fingerprint density at radius 1 is 1.56 bits per heavy atom. The summed E-state index contributed by atoms with van der Waals surface area (Å²) in [6.07, 6.45) is 1.76. The van der Waals surface area contributed by atoms with E-state index < -0.39 is 0 Å². The average Bonchev–Trinajstić information content (AvgIpc) is 1.80. The number of hydrogen-bond acceptors (Lipinski definition) is 1. The Labute approximate surface area is 55.6 Å². The van der Waals surface area contributed by atoms with Crippen LogP contribution in [-0.2, 0) is 4.79 Å². The molecule has 0 bridgehead atoms. The van der Waals surface area contributed by atoms with Crippen LogP contribution in [0.5, 0.6) is 0 Å². The standard InChI is InChI=1S/C7H13NO/c1-5-3-4-7(9)8-6(5)2/h5-6H,3-4H2,1-2H3,(H,8,9)/t5-,6-/m0/s1. The Morgan fingerprint density at radius 2 is 2.22 bits per heavy atom. The molecule has 0 unspecified atom stereocenters. The molecule has 1 N–H and O–H groups in total. The largest absolute Gasteiger partial charge is 0.353 e. The van der Waals surface area contributed by atoms with Crippen molar-refractivity contribution in [3.63, 3.8) is 0 Å². The number of rotatable bonds is 0. The van der Waals surface area contributed by atoms with Gasteiger partial charge in [0, 0.05) is 12.5 Å². The normalized spacial score (nSPS) is 36.0. The monoisotopic (exact) mass is 127 g/mol. The van der Waals surface area contributed by atoms with Crippen LogP contribution in [0.15, 0.2) is 0 Å². The third kappa shape index (κ3) is 1.44. The molecular formula is C7H13NO. The van der Waals surface area contributed by atoms with Crippen LogP contribution >= 0.6 is 0 Å². The Bertz CT molecular complexity index is 122. The summed E-state index contributed by atoms with van der Waals surface area (Å²) in [7, 11) is 0. The van der Waals surface area contributed by atoms with Crippen LogP contribution in [0.25, 0.3) is 0 Å². The number of piperidine rings is 1. The fourth-order valence-corrected chi connectivity index (χ4v) is 1.08. The lowest BCUT2D eigenvalue weighted by atomic mass is 9.94. The summed E-state index contributed by atoms with van der Waals surface area (Å²) in [5.74, 6) is 0.864. The SMILES string of the molecule is C[C@@H]1NC(=O)CC[C@@H]1C. The van der Waals surface area contributed by atoms with Gasteiger partial charge in [-0.2, -0.15) is 0 Å². The van der Waals surface area contributed by atoms with Gasteiger partial charge in [-0.3, -0.25) is 4.79 Å². The highest BCUT2D eigenvalue weighted by molar-refractivity contribution is 5.76. The molecule has 2 heteroatoms. The second-order valence-corrected chi connectivity index (χ2v) is 2.87. The number of carbonyl (C=O) groups is 1. The second kappa shape index (κ2) is 2.38. The number of amides is 1. The van der Waals surface area contributed by atoms with Crippen molar-refractivity contribution in [3.8, 4) is 0 Å². The summed E-state index contributed by atoms with van der Waals surface area (Å²) in [5, 5.41) is 2.89. The molecule has 2 nitrogen and oxygen atoms in total. The molecule has 0 saturated carbocycles. The van der Waals surface area contributed by atoms with Crippen molar-refractivity contribution in [2.24, 2.45) is 5.92 Å². The van der Waals surface area contributed by atoms with Gasteiger partial charge in [0.2, 0.25) is 5.91 Å². The van der Waals surface area contributed by atoms with Crippen LogP contribution in [0.4, 0.5) is 0 Å². The van der Waals surface area contributed by atoms with Gasteiger partial charge in [-0.15, -0.1) is 0 Å². The van der Waals surface area contributed by atoms with Gasteiger partial charge in [0.1, 0.15) is 0 Å². The molecule has 0 aromatic rings. The van der Waals surface area contributed by atoms with E-state index >= 15 is 0 Å². The molecule has 1 fully saturated rings. The van der Waals surface area contributed by atoms with E-state index in [0.29, 0.717) is 18.4 Å². The maximum absolute atomic E-state index is 10.7. The third-order valence-corrected chi connectivity index (χ3v) is 2.07. The summed E-state index contributed by atoms with van der Waals surface area (Å²) < 4.78 is 0. The van der Waals surface area contributed by atoms with E-state index in [1.807, 2.05) is 0 Å². The van der Waals surface area contributed by atoms with Crippen molar-refractivity contribution in [2.45, 2.75) is 32.7 Å². The fourth-order valence-electron chi connectivity index (χ4n) is 1.08. The maximum Gasteiger partial charge on any atom is 0.220 e. The van der Waals surface area contributed by atoms with Crippen LogP contribution in [-0.4, -0.2) is 11.9 Å². The first-order chi connectivity index (χ1) is 4.20. The molecule has 1 amide bonds. The van der Waals surface area contributed by atoms with Gasteiger partial charge in [-0.1, -0.05) is 6.92 Å². The topological polar surface area (TPSA) is 29.1 Å². The van der Waals surface area contributed by atoms with E-state index in [-0.39, 0.29) is 5.91 Å². The summed E-state index contributed by atoms with van der Waals surface area (Å²) in [4.78, 5) is 10.7. The van der Waals surface area contributed by atoms with Crippen molar-refractivity contribution in [2.75, 3.05) is 0 Å². The minimum Gasteiger partial charge on any atom is -0.353 e. The van der Waals surface area contributed by atoms with Crippen LogP contribution in [0.3, 0.4) is 0 Å². The Balaban J connectivity index is 2.44. The summed E-state index contributed by atoms with van der Waals surface area (Å²) >= 11 is 0. The van der Waals surface area contributed by atoms with Gasteiger partial charge >= 0.3 is 0 Å². The van der Waals surface area contributed by atoms with Crippen LogP contribution in [0.2, 0.25) is 0 Å². The quantitative estimate of drug-likeness (QED) is 0.515. The first kappa shape index (κ1) is 6.59. The molecule has 0 aliphatic carbocycles. The highest BCUT2D eigenvalue weighted by Gasteiger charge is 2.20. The van der Waals surface area contributed by atoms with Gasteiger partial charge in [0.25, 0.3) is 0 Å². The molecular weight excluding hydrogens is 114 g/mol. The molecule has 0 aromatic heterocycles. The Hall–Kier alpha value is -0.530. The van der Waals surface area contributed by atoms with Crippen molar-refractivity contribution >= 4 is 5.91 Å². The lowest BCUT2D eigenvalue weighted by molar-refractivity contribution is -0.124. The zero-order valence-corrected chi connectivity index (χ0v) is 5.98. The first-order valence-electron chi connectivity index (χ1n) is 3.49. The zero-order valence-electron chi connectivity index (χ0n) is 5.98. The molecule has 52 valence electrons. The Kier molecular flexibility index (Phi) is 1.74. The highest BCUT2D eigenvalue weighted by Crippen LogP contribution is 2.14. The van der Waals surface area contributed by atoms with Gasteiger partial charge in [0.15, 0.2) is 0 Å². The summed E-state index contributed by atoms with van der Waals surface area (Å²) in [6.45, 7) is 4.23. The van der Waals surface area contributed by atoms with E-state index in [2.05, 4.69) is 19.2 Å². The minimum atomic E-state index is 0.209. The van der Waals surface area contributed by atoms with Gasteiger partial charge < -0.3 is 5.32 Å². The summed E-state index contributed by atoms with van der Waals surface area (Å²) in [5.41, 5.74) is 0. The molecule has 0 radical (unpaired) electrons. The molecule has 9 heavy (non-hydrogen) atoms. The van der Waals surface area contributed by atoms with Crippen LogP contribution in [0, 0.1) is 5.92 Å². The highest BCUT2D eigenvalue weighted by atomic mass is 16.1. The lowest BCUT2D eigenvalue weighted by Gasteiger charge is -2.25. The predicted octanol–water partition coefficient (Wildman–Crippen LogP) is 0.921. The van der Waals surface area contributed by atoms with E-state index in [4.69, 9.17) is 0 Å². The molecule has 0 spiro atoms.